The van der Waals surface area contributed by atoms with E-state index in [9.17, 15) is 19.5 Å². The van der Waals surface area contributed by atoms with Gasteiger partial charge in [0.1, 0.15) is 5.57 Å². The van der Waals surface area contributed by atoms with Gasteiger partial charge >= 0.3 is 5.97 Å². The first-order valence-electron chi connectivity index (χ1n) is 6.80. The first-order chi connectivity index (χ1) is 10.8. The largest absolute Gasteiger partial charge is 0.503 e. The standard InChI is InChI=1S/C16H17NO6/c1-9-5-7-11(8-6-9)17-14(20)13(19)12(10(2)18)16(17,23-4)15(21)22-3/h5-8,19H,1-4H3/t16-/m1/s1. The Kier molecular flexibility index (Phi) is 4.24. The molecule has 1 amide bonds. The summed E-state index contributed by atoms with van der Waals surface area (Å²) in [6.45, 7) is 2.99. The van der Waals surface area contributed by atoms with Gasteiger partial charge in [0.15, 0.2) is 11.5 Å². The number of aryl methyl sites for hydroxylation is 1. The van der Waals surface area contributed by atoms with Gasteiger partial charge in [-0.05, 0) is 26.0 Å². The van der Waals surface area contributed by atoms with E-state index in [1.165, 1.54) is 0 Å². The van der Waals surface area contributed by atoms with Crippen LogP contribution in [0.3, 0.4) is 0 Å². The van der Waals surface area contributed by atoms with Crippen molar-refractivity contribution in [2.45, 2.75) is 19.6 Å². The van der Waals surface area contributed by atoms with Crippen LogP contribution in [0.2, 0.25) is 0 Å². The maximum atomic E-state index is 12.5. The van der Waals surface area contributed by atoms with E-state index >= 15 is 0 Å². The molecule has 7 nitrogen and oxygen atoms in total. The maximum absolute atomic E-state index is 12.5. The van der Waals surface area contributed by atoms with Crippen LogP contribution in [-0.2, 0) is 23.9 Å². The predicted octanol–water partition coefficient (Wildman–Crippen LogP) is 1.26. The number of esters is 1. The first kappa shape index (κ1) is 16.7. The molecular formula is C16H17NO6. The number of carbonyl (C=O) groups is 3. The van der Waals surface area contributed by atoms with Crippen LogP contribution in [0, 0.1) is 6.92 Å². The second kappa shape index (κ2) is 5.85. The highest BCUT2D eigenvalue weighted by Gasteiger charge is 2.61. The van der Waals surface area contributed by atoms with Gasteiger partial charge in [0.2, 0.25) is 0 Å². The van der Waals surface area contributed by atoms with Crippen LogP contribution >= 0.6 is 0 Å². The van der Waals surface area contributed by atoms with E-state index in [1.807, 2.05) is 6.92 Å². The average Bonchev–Trinajstić information content (AvgIpc) is 2.76. The number of anilines is 1. The van der Waals surface area contributed by atoms with E-state index in [4.69, 9.17) is 9.47 Å². The maximum Gasteiger partial charge on any atom is 0.365 e. The molecule has 1 aromatic rings. The molecule has 0 bridgehead atoms. The van der Waals surface area contributed by atoms with Gasteiger partial charge in [-0.3, -0.25) is 14.5 Å². The van der Waals surface area contributed by atoms with Gasteiger partial charge in [0.25, 0.3) is 11.6 Å². The fourth-order valence-electron chi connectivity index (χ4n) is 2.63. The van der Waals surface area contributed by atoms with Gasteiger partial charge in [-0.1, -0.05) is 17.7 Å². The first-order valence-corrected chi connectivity index (χ1v) is 6.80. The number of benzene rings is 1. The van der Waals surface area contributed by atoms with Crippen LogP contribution in [0.4, 0.5) is 5.69 Å². The lowest BCUT2D eigenvalue weighted by Crippen LogP contribution is -2.57. The predicted molar refractivity (Wildman–Crippen MR) is 80.8 cm³/mol. The molecule has 1 aliphatic heterocycles. The van der Waals surface area contributed by atoms with Crippen molar-refractivity contribution in [1.29, 1.82) is 0 Å². The SMILES string of the molecule is COC(=O)[C@]1(OC)C(C(C)=O)=C(O)C(=O)N1c1ccc(C)cc1. The summed E-state index contributed by atoms with van der Waals surface area (Å²) < 4.78 is 9.98. The Morgan fingerprint density at radius 1 is 1.17 bits per heavy atom. The Hall–Kier alpha value is -2.67. The van der Waals surface area contributed by atoms with E-state index in [1.54, 1.807) is 24.3 Å². The number of hydrogen-bond acceptors (Lipinski definition) is 6. The van der Waals surface area contributed by atoms with E-state index < -0.39 is 34.7 Å². The molecule has 7 heteroatoms. The molecule has 0 aromatic heterocycles. The third kappa shape index (κ3) is 2.29. The van der Waals surface area contributed by atoms with E-state index in [-0.39, 0.29) is 5.69 Å². The van der Waals surface area contributed by atoms with Crippen LogP contribution in [-0.4, -0.2) is 42.7 Å². The third-order valence-corrected chi connectivity index (χ3v) is 3.70. The second-order valence-corrected chi connectivity index (χ2v) is 5.10. The van der Waals surface area contributed by atoms with Crippen LogP contribution in [0.5, 0.6) is 0 Å². The van der Waals surface area contributed by atoms with Crippen molar-refractivity contribution in [3.8, 4) is 0 Å². The van der Waals surface area contributed by atoms with Gasteiger partial charge in [0.05, 0.1) is 7.11 Å². The number of methoxy groups -OCH3 is 2. The van der Waals surface area contributed by atoms with Crippen molar-refractivity contribution in [1.82, 2.24) is 0 Å². The summed E-state index contributed by atoms with van der Waals surface area (Å²) in [5, 5.41) is 10.1. The topological polar surface area (TPSA) is 93.1 Å². The van der Waals surface area contributed by atoms with Crippen LogP contribution in [0.15, 0.2) is 35.6 Å². The summed E-state index contributed by atoms with van der Waals surface area (Å²) in [6, 6.07) is 6.62. The highest BCUT2D eigenvalue weighted by molar-refractivity contribution is 6.22. The summed E-state index contributed by atoms with van der Waals surface area (Å²) in [5.74, 6) is -3.39. The lowest BCUT2D eigenvalue weighted by Gasteiger charge is -2.35. The lowest BCUT2D eigenvalue weighted by molar-refractivity contribution is -0.162. The normalized spacial score (nSPS) is 20.9. The molecule has 122 valence electrons. The number of aliphatic hydroxyl groups excluding tert-OH is 1. The van der Waals surface area contributed by atoms with Crippen LogP contribution in [0.25, 0.3) is 0 Å². The fourth-order valence-corrected chi connectivity index (χ4v) is 2.63. The van der Waals surface area contributed by atoms with E-state index in [0.717, 1.165) is 31.6 Å². The van der Waals surface area contributed by atoms with Crippen molar-refractivity contribution < 1.29 is 29.0 Å². The van der Waals surface area contributed by atoms with Crippen molar-refractivity contribution in [3.63, 3.8) is 0 Å². The smallest absolute Gasteiger partial charge is 0.365 e. The quantitative estimate of drug-likeness (QED) is 0.840. The zero-order valence-corrected chi connectivity index (χ0v) is 13.2. The monoisotopic (exact) mass is 319 g/mol. The van der Waals surface area contributed by atoms with Crippen molar-refractivity contribution in [2.75, 3.05) is 19.1 Å². The van der Waals surface area contributed by atoms with E-state index in [2.05, 4.69) is 0 Å². The lowest BCUT2D eigenvalue weighted by atomic mass is 9.99. The minimum Gasteiger partial charge on any atom is -0.503 e. The molecule has 0 saturated heterocycles. The minimum absolute atomic E-state index is 0.288. The Morgan fingerprint density at radius 2 is 1.74 bits per heavy atom. The van der Waals surface area contributed by atoms with Gasteiger partial charge in [-0.25, -0.2) is 4.79 Å². The molecule has 0 fully saturated rings. The molecular weight excluding hydrogens is 302 g/mol. The van der Waals surface area contributed by atoms with Crippen LogP contribution < -0.4 is 4.90 Å². The molecule has 23 heavy (non-hydrogen) atoms. The molecule has 0 unspecified atom stereocenters. The number of aliphatic hydroxyl groups is 1. The Bertz CT molecular complexity index is 706. The third-order valence-electron chi connectivity index (χ3n) is 3.70. The molecule has 0 spiro atoms. The Morgan fingerprint density at radius 3 is 2.17 bits per heavy atom. The molecule has 1 heterocycles. The van der Waals surface area contributed by atoms with Gasteiger partial charge < -0.3 is 14.6 Å². The molecule has 0 saturated carbocycles. The number of ketones is 1. The number of hydrogen-bond donors (Lipinski definition) is 1. The number of amides is 1. The fraction of sp³-hybridized carbons (Fsp3) is 0.312. The van der Waals surface area contributed by atoms with E-state index in [0.29, 0.717) is 0 Å². The summed E-state index contributed by atoms with van der Waals surface area (Å²) >= 11 is 0. The van der Waals surface area contributed by atoms with Crippen molar-refractivity contribution >= 4 is 23.3 Å². The zero-order chi connectivity index (χ0) is 17.4. The highest BCUT2D eigenvalue weighted by atomic mass is 16.6. The number of Topliss-reactive ketones (excluding diaryl/α,β-unsaturated/α-hetero) is 1. The number of rotatable bonds is 4. The summed E-state index contributed by atoms with van der Waals surface area (Å²) in [4.78, 5) is 37.7. The van der Waals surface area contributed by atoms with Crippen LogP contribution in [0.1, 0.15) is 12.5 Å². The summed E-state index contributed by atoms with van der Waals surface area (Å²) in [7, 11) is 2.26. The molecule has 1 aliphatic rings. The van der Waals surface area contributed by atoms with Gasteiger partial charge in [-0.2, -0.15) is 0 Å². The molecule has 1 atom stereocenters. The zero-order valence-electron chi connectivity index (χ0n) is 13.2. The van der Waals surface area contributed by atoms with Gasteiger partial charge in [-0.15, -0.1) is 0 Å². The molecule has 1 aromatic carbocycles. The average molecular weight is 319 g/mol. The number of ether oxygens (including phenoxy) is 2. The molecule has 1 N–H and O–H groups in total. The van der Waals surface area contributed by atoms with Crippen molar-refractivity contribution in [3.05, 3.63) is 41.2 Å². The van der Waals surface area contributed by atoms with Crippen molar-refractivity contribution in [2.24, 2.45) is 0 Å². The molecule has 0 aliphatic carbocycles. The summed E-state index contributed by atoms with van der Waals surface area (Å²) in [6.07, 6.45) is 0. The van der Waals surface area contributed by atoms with Gasteiger partial charge in [0, 0.05) is 12.8 Å². The summed E-state index contributed by atoms with van der Waals surface area (Å²) in [5.41, 5.74) is -1.38. The second-order valence-electron chi connectivity index (χ2n) is 5.10. The molecule has 2 rings (SSSR count). The minimum atomic E-state index is -2.16. The molecule has 0 radical (unpaired) electrons. The Labute approximate surface area is 133 Å². The number of nitrogens with zero attached hydrogens (tertiary/aromatic N) is 1. The Balaban J connectivity index is 2.75. The highest BCUT2D eigenvalue weighted by Crippen LogP contribution is 2.40. The number of carbonyl (C=O) groups excluding carboxylic acids is 3.